The molecule has 4 atom stereocenters. The SMILES string of the molecule is C1CCOC1.O=C1C2CC2C(=O)N1Cc1ccccc1.[AlH3].[H-].[Li+].c1ccc(CN2CC3CC3C2)cc1. The van der Waals surface area contributed by atoms with Crippen LogP contribution < -0.4 is 18.9 Å². The summed E-state index contributed by atoms with van der Waals surface area (Å²) in [5, 5.41) is 0. The van der Waals surface area contributed by atoms with E-state index in [1.54, 1.807) is 0 Å². The summed E-state index contributed by atoms with van der Waals surface area (Å²) in [6.45, 7) is 6.29. The maximum atomic E-state index is 11.7. The predicted octanol–water partition coefficient (Wildman–Crippen LogP) is 0.0592. The molecular weight excluding hydrogens is 446 g/mol. The molecule has 2 saturated carbocycles. The molecule has 3 saturated heterocycles. The quantitative estimate of drug-likeness (QED) is 0.455. The van der Waals surface area contributed by atoms with Crippen LogP contribution in [0.3, 0.4) is 0 Å². The molecule has 0 aromatic heterocycles. The summed E-state index contributed by atoms with van der Waals surface area (Å²) in [6.07, 6.45) is 4.84. The average Bonchev–Trinajstić information content (AvgIpc) is 3.63. The van der Waals surface area contributed by atoms with Gasteiger partial charge in [0.2, 0.25) is 11.8 Å². The molecule has 0 radical (unpaired) electrons. The molecule has 2 aliphatic carbocycles. The number of piperidine rings is 2. The van der Waals surface area contributed by atoms with Gasteiger partial charge in [0.05, 0.1) is 18.4 Å². The summed E-state index contributed by atoms with van der Waals surface area (Å²) >= 11 is 0. The van der Waals surface area contributed by atoms with Crippen molar-refractivity contribution in [2.24, 2.45) is 23.7 Å². The number of likely N-dealkylation sites (tertiary alicyclic amines) is 2. The van der Waals surface area contributed by atoms with Crippen LogP contribution in [0, 0.1) is 23.7 Å². The van der Waals surface area contributed by atoms with E-state index >= 15 is 0 Å². The van der Waals surface area contributed by atoms with Gasteiger partial charge in [-0.3, -0.25) is 19.4 Å². The van der Waals surface area contributed by atoms with Gasteiger partial charge in [-0.1, -0.05) is 60.7 Å². The van der Waals surface area contributed by atoms with Crippen LogP contribution in [0.5, 0.6) is 0 Å². The standard InChI is InChI=1S/C12H11NO2.C12H15N.C4H8O.Al.Li.4H/c14-11-9-6-10(9)12(15)13(11)7-8-4-2-1-3-5-8;1-2-4-10(5-3-1)7-13-8-11-6-12(11)9-13;1-2-4-5-3-1;;;;;;/h1-5,9-10H,6-7H2;1-5,11-12H,6-9H2;1-4H2;;;;;;/q;;;;+1;;;;-1. The van der Waals surface area contributed by atoms with E-state index in [0.717, 1.165) is 43.6 Å². The number of hydrogen-bond donors (Lipinski definition) is 0. The Morgan fingerprint density at radius 2 is 1.23 bits per heavy atom. The molecule has 5 nitrogen and oxygen atoms in total. The molecule has 7 heteroatoms. The maximum Gasteiger partial charge on any atom is 1.00 e. The van der Waals surface area contributed by atoms with Gasteiger partial charge >= 0.3 is 18.9 Å². The molecular formula is C28H38AlLiN2O3. The van der Waals surface area contributed by atoms with Crippen molar-refractivity contribution in [3.05, 3.63) is 71.8 Å². The number of imide groups is 1. The smallest absolute Gasteiger partial charge is 1.00 e. The third-order valence-corrected chi connectivity index (χ3v) is 7.27. The number of ether oxygens (including phenoxy) is 1. The minimum atomic E-state index is 0. The normalized spacial score (nSPS) is 27.3. The van der Waals surface area contributed by atoms with Gasteiger partial charge in [0, 0.05) is 32.8 Å². The molecule has 2 aromatic carbocycles. The fourth-order valence-corrected chi connectivity index (χ4v) is 5.15. The maximum absolute atomic E-state index is 11.7. The zero-order valence-electron chi connectivity index (χ0n) is 21.3. The Morgan fingerprint density at radius 1 is 0.743 bits per heavy atom. The summed E-state index contributed by atoms with van der Waals surface area (Å²) < 4.78 is 4.94. The largest absolute Gasteiger partial charge is 1.00 e. The molecule has 3 aliphatic heterocycles. The molecule has 2 amide bonds. The predicted molar refractivity (Wildman–Crippen MR) is 138 cm³/mol. The minimum Gasteiger partial charge on any atom is -1.00 e. The van der Waals surface area contributed by atoms with Crippen molar-refractivity contribution in [1.29, 1.82) is 0 Å². The van der Waals surface area contributed by atoms with E-state index in [1.807, 2.05) is 30.3 Å². The number of rotatable bonds is 4. The third kappa shape index (κ3) is 7.56. The van der Waals surface area contributed by atoms with E-state index < -0.39 is 0 Å². The van der Waals surface area contributed by atoms with Gasteiger partial charge in [-0.15, -0.1) is 0 Å². The zero-order chi connectivity index (χ0) is 22.6. The van der Waals surface area contributed by atoms with Crippen molar-refractivity contribution in [3.8, 4) is 0 Å². The van der Waals surface area contributed by atoms with Gasteiger partial charge in [0.15, 0.2) is 17.4 Å². The fourth-order valence-electron chi connectivity index (χ4n) is 5.15. The second-order valence-corrected chi connectivity index (χ2v) is 9.95. The van der Waals surface area contributed by atoms with Gasteiger partial charge in [-0.2, -0.15) is 0 Å². The molecule has 4 unspecified atom stereocenters. The molecule has 0 spiro atoms. The first-order chi connectivity index (χ1) is 16.2. The Labute approximate surface area is 233 Å². The van der Waals surface area contributed by atoms with Crippen LogP contribution in [0.4, 0.5) is 0 Å². The number of carbonyl (C=O) groups excluding carboxylic acids is 2. The van der Waals surface area contributed by atoms with Gasteiger partial charge in [0.1, 0.15) is 0 Å². The van der Waals surface area contributed by atoms with Crippen molar-refractivity contribution in [1.82, 2.24) is 9.80 Å². The van der Waals surface area contributed by atoms with Gasteiger partial charge in [-0.25, -0.2) is 0 Å². The van der Waals surface area contributed by atoms with Crippen LogP contribution in [0.2, 0.25) is 0 Å². The number of carbonyl (C=O) groups is 2. The Kier molecular flexibility index (Phi) is 10.7. The monoisotopic (exact) mass is 484 g/mol. The van der Waals surface area contributed by atoms with Crippen molar-refractivity contribution < 1.29 is 34.6 Å². The van der Waals surface area contributed by atoms with E-state index in [2.05, 4.69) is 35.2 Å². The first kappa shape index (κ1) is 28.2. The van der Waals surface area contributed by atoms with Crippen LogP contribution in [-0.2, 0) is 27.4 Å². The first-order valence-electron chi connectivity index (χ1n) is 12.4. The third-order valence-electron chi connectivity index (χ3n) is 7.27. The average molecular weight is 485 g/mol. The number of nitrogens with zero attached hydrogens (tertiary/aromatic N) is 2. The van der Waals surface area contributed by atoms with Crippen LogP contribution >= 0.6 is 0 Å². The Morgan fingerprint density at radius 3 is 1.69 bits per heavy atom. The molecule has 5 fully saturated rings. The Hall–Kier alpha value is -1.37. The summed E-state index contributed by atoms with van der Waals surface area (Å²) in [4.78, 5) is 27.3. The molecule has 35 heavy (non-hydrogen) atoms. The van der Waals surface area contributed by atoms with Crippen LogP contribution in [0.1, 0.15) is 38.2 Å². The van der Waals surface area contributed by atoms with Crippen molar-refractivity contribution in [2.45, 2.75) is 38.8 Å². The molecule has 0 N–H and O–H groups in total. The zero-order valence-corrected chi connectivity index (χ0v) is 20.3. The van der Waals surface area contributed by atoms with Crippen LogP contribution in [-0.4, -0.2) is 65.3 Å². The molecule has 3 heterocycles. The first-order valence-corrected chi connectivity index (χ1v) is 12.4. The van der Waals surface area contributed by atoms with E-state index in [1.165, 1.54) is 42.8 Å². The van der Waals surface area contributed by atoms with Crippen LogP contribution in [0.25, 0.3) is 0 Å². The number of hydrogen-bond acceptors (Lipinski definition) is 4. The van der Waals surface area contributed by atoms with Crippen molar-refractivity contribution in [3.63, 3.8) is 0 Å². The summed E-state index contributed by atoms with van der Waals surface area (Å²) in [5.41, 5.74) is 2.48. The topological polar surface area (TPSA) is 49.9 Å². The molecule has 182 valence electrons. The summed E-state index contributed by atoms with van der Waals surface area (Å²) in [5.74, 6) is 2.19. The second-order valence-electron chi connectivity index (χ2n) is 9.95. The Bertz CT molecular complexity index is 926. The molecule has 0 bridgehead atoms. The van der Waals surface area contributed by atoms with Crippen LogP contribution in [0.15, 0.2) is 60.7 Å². The van der Waals surface area contributed by atoms with E-state index in [0.29, 0.717) is 6.54 Å². The van der Waals surface area contributed by atoms with Crippen molar-refractivity contribution in [2.75, 3.05) is 26.3 Å². The van der Waals surface area contributed by atoms with E-state index in [9.17, 15) is 9.59 Å². The Balaban J connectivity index is 0.000000200. The van der Waals surface area contributed by atoms with Crippen molar-refractivity contribution >= 4 is 29.2 Å². The van der Waals surface area contributed by atoms with Gasteiger partial charge < -0.3 is 6.16 Å². The van der Waals surface area contributed by atoms with E-state index in [-0.39, 0.29) is 61.3 Å². The van der Waals surface area contributed by atoms with Gasteiger partial charge in [-0.05, 0) is 48.6 Å². The number of benzene rings is 2. The number of fused-ring (bicyclic) bond motifs is 2. The van der Waals surface area contributed by atoms with Gasteiger partial charge in [0.25, 0.3) is 0 Å². The summed E-state index contributed by atoms with van der Waals surface area (Å²) in [7, 11) is 0. The molecule has 7 rings (SSSR count). The summed E-state index contributed by atoms with van der Waals surface area (Å²) in [6, 6.07) is 20.4. The minimum absolute atomic E-state index is 0. The molecule has 2 aromatic rings. The van der Waals surface area contributed by atoms with E-state index in [4.69, 9.17) is 4.74 Å². The second kappa shape index (κ2) is 13.3. The number of amides is 2. The fraction of sp³-hybridized carbons (Fsp3) is 0.500. The molecule has 5 aliphatic rings.